The highest BCUT2D eigenvalue weighted by atomic mass is 16.5. The molecule has 0 unspecified atom stereocenters. The van der Waals surface area contributed by atoms with Crippen LogP contribution in [0.3, 0.4) is 0 Å². The number of nitrogens with zero attached hydrogens (tertiary/aromatic N) is 1. The number of hydrogen-bond donors (Lipinski definition) is 0. The highest BCUT2D eigenvalue weighted by Crippen LogP contribution is 2.14. The van der Waals surface area contributed by atoms with Crippen molar-refractivity contribution in [2.24, 2.45) is 5.92 Å². The summed E-state index contributed by atoms with van der Waals surface area (Å²) in [5.41, 5.74) is -0.201. The number of Topliss-reactive ketones (excluding diaryl/α,β-unsaturated/α-hetero) is 1. The number of ether oxygens (including phenoxy) is 1. The molecule has 0 amide bonds. The van der Waals surface area contributed by atoms with Crippen LogP contribution in [0.4, 0.5) is 0 Å². The van der Waals surface area contributed by atoms with Crippen LogP contribution in [0.5, 0.6) is 0 Å². The van der Waals surface area contributed by atoms with E-state index >= 15 is 0 Å². The molecule has 1 atom stereocenters. The molecule has 0 saturated heterocycles. The van der Waals surface area contributed by atoms with Gasteiger partial charge in [0, 0.05) is 12.0 Å². The fourth-order valence-corrected chi connectivity index (χ4v) is 1.47. The SMILES string of the molecule is CC(C)C(=O)[C@H](COC(C)(C)C)N(C)C(C)C. The van der Waals surface area contributed by atoms with Crippen LogP contribution in [0.25, 0.3) is 0 Å². The Morgan fingerprint density at radius 3 is 1.94 bits per heavy atom. The van der Waals surface area contributed by atoms with Gasteiger partial charge in [0.1, 0.15) is 0 Å². The van der Waals surface area contributed by atoms with Gasteiger partial charge >= 0.3 is 0 Å². The van der Waals surface area contributed by atoms with E-state index < -0.39 is 0 Å². The van der Waals surface area contributed by atoms with Gasteiger partial charge in [-0.15, -0.1) is 0 Å². The van der Waals surface area contributed by atoms with Crippen LogP contribution in [0.2, 0.25) is 0 Å². The van der Waals surface area contributed by atoms with Gasteiger partial charge in [-0.2, -0.15) is 0 Å². The minimum absolute atomic E-state index is 0.0461. The maximum absolute atomic E-state index is 12.2. The van der Waals surface area contributed by atoms with Crippen molar-refractivity contribution in [3.8, 4) is 0 Å². The molecule has 0 aliphatic heterocycles. The molecule has 0 spiro atoms. The predicted molar refractivity (Wildman–Crippen MR) is 72.2 cm³/mol. The van der Waals surface area contributed by atoms with Gasteiger partial charge in [-0.05, 0) is 41.7 Å². The second-order valence-electron chi connectivity index (χ2n) is 6.26. The van der Waals surface area contributed by atoms with E-state index in [1.54, 1.807) is 0 Å². The minimum atomic E-state index is -0.201. The van der Waals surface area contributed by atoms with E-state index in [-0.39, 0.29) is 23.3 Å². The van der Waals surface area contributed by atoms with Gasteiger partial charge in [-0.25, -0.2) is 0 Å². The summed E-state index contributed by atoms with van der Waals surface area (Å²) in [7, 11) is 1.99. The molecule has 0 aromatic rings. The molecule has 0 aliphatic rings. The highest BCUT2D eigenvalue weighted by Gasteiger charge is 2.28. The summed E-state index contributed by atoms with van der Waals surface area (Å²) in [5.74, 6) is 0.301. The van der Waals surface area contributed by atoms with E-state index in [0.717, 1.165) is 0 Å². The number of carbonyl (C=O) groups excluding carboxylic acids is 1. The molecule has 0 saturated carbocycles. The summed E-state index contributed by atoms with van der Waals surface area (Å²) in [6.07, 6.45) is 0. The van der Waals surface area contributed by atoms with Crippen LogP contribution in [0.1, 0.15) is 48.5 Å². The van der Waals surface area contributed by atoms with Gasteiger partial charge in [0.25, 0.3) is 0 Å². The van der Waals surface area contributed by atoms with Crippen molar-refractivity contribution in [2.45, 2.75) is 66.2 Å². The zero-order valence-electron chi connectivity index (χ0n) is 12.7. The summed E-state index contributed by atoms with van der Waals surface area (Å²) in [6.45, 7) is 14.6. The van der Waals surface area contributed by atoms with E-state index in [4.69, 9.17) is 4.74 Å². The summed E-state index contributed by atoms with van der Waals surface area (Å²) in [6, 6.07) is 0.195. The van der Waals surface area contributed by atoms with Crippen molar-refractivity contribution >= 4 is 5.78 Å². The third kappa shape index (κ3) is 6.18. The highest BCUT2D eigenvalue weighted by molar-refractivity contribution is 5.85. The lowest BCUT2D eigenvalue weighted by molar-refractivity contribution is -0.132. The molecule has 3 heteroatoms. The van der Waals surface area contributed by atoms with Crippen molar-refractivity contribution < 1.29 is 9.53 Å². The molecule has 0 heterocycles. The Labute approximate surface area is 107 Å². The Hall–Kier alpha value is -0.410. The summed E-state index contributed by atoms with van der Waals surface area (Å²) < 4.78 is 5.77. The Morgan fingerprint density at radius 2 is 1.65 bits per heavy atom. The van der Waals surface area contributed by atoms with Crippen molar-refractivity contribution in [1.29, 1.82) is 0 Å². The molecule has 0 aliphatic carbocycles. The van der Waals surface area contributed by atoms with Gasteiger partial charge in [-0.1, -0.05) is 13.8 Å². The smallest absolute Gasteiger partial charge is 0.154 e. The maximum Gasteiger partial charge on any atom is 0.154 e. The Bertz CT molecular complexity index is 241. The number of ketones is 1. The first-order valence-corrected chi connectivity index (χ1v) is 6.46. The first-order valence-electron chi connectivity index (χ1n) is 6.46. The first kappa shape index (κ1) is 16.6. The average Bonchev–Trinajstić information content (AvgIpc) is 2.15. The molecule has 0 radical (unpaired) electrons. The summed E-state index contributed by atoms with van der Waals surface area (Å²) >= 11 is 0. The van der Waals surface area contributed by atoms with E-state index in [2.05, 4.69) is 18.7 Å². The second kappa shape index (κ2) is 6.50. The molecule has 0 rings (SSSR count). The van der Waals surface area contributed by atoms with Crippen LogP contribution < -0.4 is 0 Å². The van der Waals surface area contributed by atoms with Gasteiger partial charge < -0.3 is 4.74 Å². The quantitative estimate of drug-likeness (QED) is 0.718. The van der Waals surface area contributed by atoms with E-state index in [1.807, 2.05) is 41.7 Å². The minimum Gasteiger partial charge on any atom is -0.374 e. The van der Waals surface area contributed by atoms with Crippen LogP contribution in [0, 0.1) is 5.92 Å². The van der Waals surface area contributed by atoms with Gasteiger partial charge in [0.2, 0.25) is 0 Å². The van der Waals surface area contributed by atoms with Crippen molar-refractivity contribution in [2.75, 3.05) is 13.7 Å². The van der Waals surface area contributed by atoms with Crippen LogP contribution in [-0.4, -0.2) is 42.0 Å². The van der Waals surface area contributed by atoms with Gasteiger partial charge in [0.05, 0.1) is 18.2 Å². The first-order chi connectivity index (χ1) is 7.56. The molecule has 0 N–H and O–H groups in total. The fraction of sp³-hybridized carbons (Fsp3) is 0.929. The van der Waals surface area contributed by atoms with Crippen LogP contribution >= 0.6 is 0 Å². The third-order valence-electron chi connectivity index (χ3n) is 2.88. The number of likely N-dealkylation sites (N-methyl/N-ethyl adjacent to an activating group) is 1. The molecule has 3 nitrogen and oxygen atoms in total. The van der Waals surface area contributed by atoms with E-state index in [9.17, 15) is 4.79 Å². The molecular weight excluding hydrogens is 214 g/mol. The lowest BCUT2D eigenvalue weighted by Gasteiger charge is -2.33. The van der Waals surface area contributed by atoms with Gasteiger partial charge in [0.15, 0.2) is 5.78 Å². The van der Waals surface area contributed by atoms with Crippen LogP contribution in [0.15, 0.2) is 0 Å². The number of carbonyl (C=O) groups is 1. The average molecular weight is 243 g/mol. The van der Waals surface area contributed by atoms with Crippen molar-refractivity contribution in [1.82, 2.24) is 4.90 Å². The Morgan fingerprint density at radius 1 is 1.18 bits per heavy atom. The molecule has 0 fully saturated rings. The predicted octanol–water partition coefficient (Wildman–Crippen LogP) is 2.74. The zero-order chi connectivity index (χ0) is 13.8. The fourth-order valence-electron chi connectivity index (χ4n) is 1.47. The molecule has 0 bridgehead atoms. The summed E-state index contributed by atoms with van der Waals surface area (Å²) in [4.78, 5) is 14.3. The Kier molecular flexibility index (Phi) is 6.35. The standard InChI is InChI=1S/C14H29NO2/c1-10(2)13(16)12(15(8)11(3)4)9-17-14(5,6)7/h10-12H,9H2,1-8H3/t12-/m0/s1. The van der Waals surface area contributed by atoms with E-state index in [0.29, 0.717) is 12.6 Å². The largest absolute Gasteiger partial charge is 0.374 e. The Balaban J connectivity index is 4.69. The van der Waals surface area contributed by atoms with Crippen molar-refractivity contribution in [3.63, 3.8) is 0 Å². The normalized spacial score (nSPS) is 14.8. The van der Waals surface area contributed by atoms with Crippen LogP contribution in [-0.2, 0) is 9.53 Å². The molecular formula is C14H29NO2. The second-order valence-corrected chi connectivity index (χ2v) is 6.26. The van der Waals surface area contributed by atoms with Gasteiger partial charge in [-0.3, -0.25) is 9.69 Å². The lowest BCUT2D eigenvalue weighted by atomic mass is 10.00. The molecule has 102 valence electrons. The zero-order valence-corrected chi connectivity index (χ0v) is 12.7. The maximum atomic E-state index is 12.2. The monoisotopic (exact) mass is 243 g/mol. The third-order valence-corrected chi connectivity index (χ3v) is 2.88. The summed E-state index contributed by atoms with van der Waals surface area (Å²) in [5, 5.41) is 0. The molecule has 0 aromatic carbocycles. The van der Waals surface area contributed by atoms with Crippen molar-refractivity contribution in [3.05, 3.63) is 0 Å². The number of rotatable bonds is 6. The molecule has 0 aromatic heterocycles. The topological polar surface area (TPSA) is 29.5 Å². The number of hydrogen-bond acceptors (Lipinski definition) is 3. The lowest BCUT2D eigenvalue weighted by Crippen LogP contribution is -2.48. The van der Waals surface area contributed by atoms with E-state index in [1.165, 1.54) is 0 Å². The molecule has 17 heavy (non-hydrogen) atoms.